The summed E-state index contributed by atoms with van der Waals surface area (Å²) in [7, 11) is -1.36. The zero-order valence-electron chi connectivity index (χ0n) is 17.2. The summed E-state index contributed by atoms with van der Waals surface area (Å²) >= 11 is 1.64. The van der Waals surface area contributed by atoms with Crippen LogP contribution in [-0.4, -0.2) is 54.6 Å². The number of benzene rings is 1. The Kier molecular flexibility index (Phi) is 5.82. The van der Waals surface area contributed by atoms with Crippen molar-refractivity contribution in [2.75, 3.05) is 32.4 Å². The lowest BCUT2D eigenvalue weighted by Gasteiger charge is -2.32. The standard InChI is InChI=1S/C21H26N4O3S2/c1-23-14-19(16-5-3-15(12-22)4-6-16)20-18(21(23)26)11-17(29-20)13-24-7-9-25(10-8-24)30(2,27)28/h3-6,11,14H,7-10,12-13,22H2,1-2H3. The molecule has 0 unspecified atom stereocenters. The van der Waals surface area contributed by atoms with E-state index in [-0.39, 0.29) is 5.56 Å². The molecule has 1 saturated heterocycles. The molecule has 4 rings (SSSR count). The highest BCUT2D eigenvalue weighted by Crippen LogP contribution is 2.34. The van der Waals surface area contributed by atoms with Gasteiger partial charge in [-0.3, -0.25) is 9.69 Å². The SMILES string of the molecule is Cn1cc(-c2ccc(CN)cc2)c2sc(CN3CCN(S(C)(=O)=O)CC3)cc2c1=O. The summed E-state index contributed by atoms with van der Waals surface area (Å²) < 4.78 is 27.6. The first-order valence-electron chi connectivity index (χ1n) is 9.85. The third-order valence-corrected chi connectivity index (χ3v) is 8.04. The van der Waals surface area contributed by atoms with E-state index in [0.29, 0.717) is 39.3 Å². The molecule has 0 spiro atoms. The van der Waals surface area contributed by atoms with Crippen molar-refractivity contribution in [2.45, 2.75) is 13.1 Å². The number of rotatable bonds is 5. The minimum Gasteiger partial charge on any atom is -0.326 e. The molecule has 3 heterocycles. The Hall–Kier alpha value is -2.04. The topological polar surface area (TPSA) is 88.6 Å². The fourth-order valence-corrected chi connectivity index (χ4v) is 5.89. The molecule has 1 aliphatic rings. The van der Waals surface area contributed by atoms with Crippen LogP contribution < -0.4 is 11.3 Å². The minimum absolute atomic E-state index is 0.00303. The van der Waals surface area contributed by atoms with Crippen LogP contribution in [0.3, 0.4) is 0 Å². The maximum absolute atomic E-state index is 12.7. The molecule has 0 radical (unpaired) electrons. The minimum atomic E-state index is -3.14. The number of hydrogen-bond donors (Lipinski definition) is 1. The highest BCUT2D eigenvalue weighted by atomic mass is 32.2. The van der Waals surface area contributed by atoms with Crippen molar-refractivity contribution < 1.29 is 8.42 Å². The van der Waals surface area contributed by atoms with Crippen LogP contribution in [0.15, 0.2) is 41.3 Å². The maximum Gasteiger partial charge on any atom is 0.259 e. The van der Waals surface area contributed by atoms with Crippen molar-refractivity contribution in [1.82, 2.24) is 13.8 Å². The first kappa shape index (κ1) is 21.2. The first-order valence-corrected chi connectivity index (χ1v) is 12.5. The second kappa shape index (κ2) is 8.24. The molecule has 0 saturated carbocycles. The van der Waals surface area contributed by atoms with Crippen LogP contribution in [0, 0.1) is 0 Å². The maximum atomic E-state index is 12.7. The molecule has 160 valence electrons. The third-order valence-electron chi connectivity index (χ3n) is 5.58. The van der Waals surface area contributed by atoms with E-state index in [9.17, 15) is 13.2 Å². The van der Waals surface area contributed by atoms with E-state index in [1.807, 2.05) is 36.5 Å². The summed E-state index contributed by atoms with van der Waals surface area (Å²) in [6, 6.07) is 10.1. The molecule has 30 heavy (non-hydrogen) atoms. The van der Waals surface area contributed by atoms with Gasteiger partial charge in [-0.05, 0) is 17.2 Å². The van der Waals surface area contributed by atoms with Gasteiger partial charge in [0.2, 0.25) is 10.0 Å². The summed E-state index contributed by atoms with van der Waals surface area (Å²) in [5.74, 6) is 0. The number of aromatic nitrogens is 1. The molecular formula is C21H26N4O3S2. The van der Waals surface area contributed by atoms with Crippen molar-refractivity contribution in [3.8, 4) is 11.1 Å². The van der Waals surface area contributed by atoms with E-state index in [1.54, 1.807) is 23.0 Å². The van der Waals surface area contributed by atoms with Crippen LogP contribution >= 0.6 is 11.3 Å². The number of sulfonamides is 1. The third kappa shape index (κ3) is 4.21. The number of nitrogens with zero attached hydrogens (tertiary/aromatic N) is 3. The van der Waals surface area contributed by atoms with E-state index in [4.69, 9.17) is 5.73 Å². The summed E-state index contributed by atoms with van der Waals surface area (Å²) in [5.41, 5.74) is 8.87. The van der Waals surface area contributed by atoms with E-state index < -0.39 is 10.0 Å². The average molecular weight is 447 g/mol. The molecule has 2 aromatic heterocycles. The van der Waals surface area contributed by atoms with Gasteiger partial charge in [-0.25, -0.2) is 8.42 Å². The molecule has 0 bridgehead atoms. The predicted octanol–water partition coefficient (Wildman–Crippen LogP) is 1.80. The van der Waals surface area contributed by atoms with Crippen LogP contribution in [0.2, 0.25) is 0 Å². The number of aryl methyl sites for hydroxylation is 1. The fourth-order valence-electron chi connectivity index (χ4n) is 3.85. The van der Waals surface area contributed by atoms with Gasteiger partial charge in [0.05, 0.1) is 11.6 Å². The second-order valence-corrected chi connectivity index (χ2v) is 10.9. The van der Waals surface area contributed by atoms with Crippen molar-refractivity contribution in [1.29, 1.82) is 0 Å². The normalized spacial score (nSPS) is 16.4. The van der Waals surface area contributed by atoms with Crippen molar-refractivity contribution in [3.63, 3.8) is 0 Å². The van der Waals surface area contributed by atoms with E-state index in [2.05, 4.69) is 4.90 Å². The van der Waals surface area contributed by atoms with Crippen LogP contribution in [0.5, 0.6) is 0 Å². The Labute approximate surface area is 180 Å². The summed E-state index contributed by atoms with van der Waals surface area (Å²) in [6.07, 6.45) is 3.15. The largest absolute Gasteiger partial charge is 0.326 e. The molecular weight excluding hydrogens is 420 g/mol. The molecule has 0 aliphatic carbocycles. The molecule has 7 nitrogen and oxygen atoms in total. The molecule has 0 atom stereocenters. The van der Waals surface area contributed by atoms with Gasteiger partial charge in [-0.15, -0.1) is 11.3 Å². The lowest BCUT2D eigenvalue weighted by atomic mass is 10.0. The Bertz CT molecular complexity index is 1220. The Morgan fingerprint density at radius 3 is 2.37 bits per heavy atom. The zero-order chi connectivity index (χ0) is 21.5. The summed E-state index contributed by atoms with van der Waals surface area (Å²) in [6.45, 7) is 3.60. The van der Waals surface area contributed by atoms with Crippen molar-refractivity contribution in [2.24, 2.45) is 12.8 Å². The van der Waals surface area contributed by atoms with Crippen molar-refractivity contribution in [3.05, 3.63) is 57.3 Å². The van der Waals surface area contributed by atoms with Crippen LogP contribution in [-0.2, 0) is 30.2 Å². The van der Waals surface area contributed by atoms with E-state index >= 15 is 0 Å². The van der Waals surface area contributed by atoms with Gasteiger partial charge >= 0.3 is 0 Å². The monoisotopic (exact) mass is 446 g/mol. The molecule has 9 heteroatoms. The number of piperazine rings is 1. The van der Waals surface area contributed by atoms with E-state index in [1.165, 1.54) is 10.6 Å². The predicted molar refractivity (Wildman–Crippen MR) is 122 cm³/mol. The van der Waals surface area contributed by atoms with Gasteiger partial charge in [0, 0.05) is 67.7 Å². The molecule has 3 aromatic rings. The summed E-state index contributed by atoms with van der Waals surface area (Å²) in [5, 5.41) is 0.729. The molecule has 0 amide bonds. The first-order chi connectivity index (χ1) is 14.3. The highest BCUT2D eigenvalue weighted by molar-refractivity contribution is 7.88. The molecule has 1 aliphatic heterocycles. The Morgan fingerprint density at radius 2 is 1.77 bits per heavy atom. The Morgan fingerprint density at radius 1 is 1.10 bits per heavy atom. The zero-order valence-corrected chi connectivity index (χ0v) is 18.8. The number of hydrogen-bond acceptors (Lipinski definition) is 6. The van der Waals surface area contributed by atoms with Crippen LogP contribution in [0.25, 0.3) is 21.2 Å². The van der Waals surface area contributed by atoms with Gasteiger partial charge in [-0.1, -0.05) is 24.3 Å². The quantitative estimate of drug-likeness (QED) is 0.646. The number of thiophene rings is 1. The lowest BCUT2D eigenvalue weighted by Crippen LogP contribution is -2.47. The van der Waals surface area contributed by atoms with Crippen LogP contribution in [0.1, 0.15) is 10.4 Å². The number of pyridine rings is 1. The van der Waals surface area contributed by atoms with Crippen molar-refractivity contribution >= 4 is 31.4 Å². The smallest absolute Gasteiger partial charge is 0.259 e. The fraction of sp³-hybridized carbons (Fsp3) is 0.381. The number of nitrogens with two attached hydrogens (primary N) is 1. The van der Waals surface area contributed by atoms with Gasteiger partial charge < -0.3 is 10.3 Å². The molecule has 1 aromatic carbocycles. The number of fused-ring (bicyclic) bond motifs is 1. The Balaban J connectivity index is 1.63. The lowest BCUT2D eigenvalue weighted by molar-refractivity contribution is 0.183. The average Bonchev–Trinajstić information content (AvgIpc) is 3.14. The van der Waals surface area contributed by atoms with Gasteiger partial charge in [0.15, 0.2) is 0 Å². The highest BCUT2D eigenvalue weighted by Gasteiger charge is 2.24. The molecule has 2 N–H and O–H groups in total. The van der Waals surface area contributed by atoms with Gasteiger partial charge in [0.25, 0.3) is 5.56 Å². The van der Waals surface area contributed by atoms with Crippen LogP contribution in [0.4, 0.5) is 0 Å². The van der Waals surface area contributed by atoms with E-state index in [0.717, 1.165) is 31.7 Å². The molecule has 1 fully saturated rings. The van der Waals surface area contributed by atoms with Gasteiger partial charge in [0.1, 0.15) is 0 Å². The summed E-state index contributed by atoms with van der Waals surface area (Å²) in [4.78, 5) is 16.1. The van der Waals surface area contributed by atoms with Gasteiger partial charge in [-0.2, -0.15) is 4.31 Å². The second-order valence-electron chi connectivity index (χ2n) is 7.75.